The van der Waals surface area contributed by atoms with Crippen LogP contribution in [0.1, 0.15) is 54.0 Å². The zero-order valence-electron chi connectivity index (χ0n) is 34.0. The number of carbonyl (C=O) groups is 1. The number of methoxy groups -OCH3 is 1. The average Bonchev–Trinajstić information content (AvgIpc) is 3.69. The molecule has 0 spiro atoms. The molecule has 2 aliphatic heterocycles. The van der Waals surface area contributed by atoms with Crippen LogP contribution in [0.5, 0.6) is 0 Å². The van der Waals surface area contributed by atoms with Crippen molar-refractivity contribution in [3.63, 3.8) is 0 Å². The van der Waals surface area contributed by atoms with Crippen LogP contribution in [0.15, 0.2) is 89.9 Å². The number of hydrogen-bond acceptors (Lipinski definition) is 10. The lowest BCUT2D eigenvalue weighted by atomic mass is 9.98. The number of rotatable bonds is 11. The molecule has 1 fully saturated rings. The van der Waals surface area contributed by atoms with Gasteiger partial charge in [0.1, 0.15) is 16.8 Å². The molecule has 14 nitrogen and oxygen atoms in total. The Morgan fingerprint density at radius 1 is 0.983 bits per heavy atom. The van der Waals surface area contributed by atoms with Gasteiger partial charge in [-0.15, -0.1) is 0 Å². The fraction of sp³-hybridized carbons (Fsp3) is 0.311. The fourth-order valence-corrected chi connectivity index (χ4v) is 8.41. The second-order valence-electron chi connectivity index (χ2n) is 16.0. The number of ether oxygens (including phenoxy) is 1. The van der Waals surface area contributed by atoms with Gasteiger partial charge in [0.05, 0.1) is 24.4 Å². The Morgan fingerprint density at radius 3 is 2.48 bits per heavy atom. The molecular formula is C45H47FN10O4. The van der Waals surface area contributed by atoms with E-state index in [-0.39, 0.29) is 24.1 Å². The Hall–Kier alpha value is -6.42. The number of fused-ring (bicyclic) bond motifs is 1. The summed E-state index contributed by atoms with van der Waals surface area (Å²) >= 11 is 0. The molecule has 0 aliphatic carbocycles. The Kier molecular flexibility index (Phi) is 10.2. The predicted molar refractivity (Wildman–Crippen MR) is 230 cm³/mol. The van der Waals surface area contributed by atoms with Gasteiger partial charge >= 0.3 is 0 Å². The first-order valence-electron chi connectivity index (χ1n) is 20.2. The number of pyridine rings is 1. The van der Waals surface area contributed by atoms with Crippen LogP contribution in [0.3, 0.4) is 0 Å². The predicted octanol–water partition coefficient (Wildman–Crippen LogP) is 6.05. The maximum Gasteiger partial charge on any atom is 0.278 e. The Morgan fingerprint density at radius 2 is 1.75 bits per heavy atom. The van der Waals surface area contributed by atoms with E-state index in [9.17, 15) is 19.1 Å². The van der Waals surface area contributed by atoms with Crippen LogP contribution in [-0.2, 0) is 23.3 Å². The maximum atomic E-state index is 14.4. The lowest BCUT2D eigenvalue weighted by Crippen LogP contribution is -2.47. The average molecular weight is 811 g/mol. The molecule has 60 heavy (non-hydrogen) atoms. The molecule has 0 bridgehead atoms. The molecule has 1 unspecified atom stereocenters. The molecule has 4 N–H and O–H groups in total. The minimum Gasteiger partial charge on any atom is -0.384 e. The van der Waals surface area contributed by atoms with Gasteiger partial charge in [-0.2, -0.15) is 4.98 Å². The summed E-state index contributed by atoms with van der Waals surface area (Å²) in [6.07, 6.45) is 2.19. The highest BCUT2D eigenvalue weighted by atomic mass is 19.1. The van der Waals surface area contributed by atoms with Crippen LogP contribution >= 0.6 is 0 Å². The number of halogens is 1. The van der Waals surface area contributed by atoms with Gasteiger partial charge in [-0.1, -0.05) is 30.3 Å². The number of aromatic amines is 1. The molecule has 0 saturated carbocycles. The highest BCUT2D eigenvalue weighted by Crippen LogP contribution is 2.36. The molecule has 7 aromatic rings. The maximum absolute atomic E-state index is 14.4. The molecule has 308 valence electrons. The van der Waals surface area contributed by atoms with Crippen molar-refractivity contribution in [2.75, 3.05) is 56.7 Å². The van der Waals surface area contributed by atoms with Crippen molar-refractivity contribution < 1.29 is 19.0 Å². The summed E-state index contributed by atoms with van der Waals surface area (Å²) in [5.74, 6) is 0.0930. The number of H-pyrrole nitrogens is 1. The van der Waals surface area contributed by atoms with Crippen molar-refractivity contribution in [3.8, 4) is 17.1 Å². The summed E-state index contributed by atoms with van der Waals surface area (Å²) in [7, 11) is 1.58. The first-order chi connectivity index (χ1) is 29.0. The van der Waals surface area contributed by atoms with E-state index in [2.05, 4.69) is 78.7 Å². The van der Waals surface area contributed by atoms with Crippen LogP contribution in [-0.4, -0.2) is 91.7 Å². The number of aromatic nitrogens is 6. The third kappa shape index (κ3) is 7.29. The Bertz CT molecular complexity index is 2780. The number of anilines is 3. The van der Waals surface area contributed by atoms with Gasteiger partial charge in [0, 0.05) is 80.0 Å². The van der Waals surface area contributed by atoms with Crippen molar-refractivity contribution in [1.82, 2.24) is 39.5 Å². The molecule has 3 aromatic carbocycles. The van der Waals surface area contributed by atoms with Crippen molar-refractivity contribution in [3.05, 3.63) is 124 Å². The molecule has 9 rings (SSSR count). The third-order valence-corrected chi connectivity index (χ3v) is 11.7. The largest absolute Gasteiger partial charge is 0.384 e. The topological polar surface area (TPSA) is 158 Å². The van der Waals surface area contributed by atoms with Crippen molar-refractivity contribution >= 4 is 45.2 Å². The monoisotopic (exact) mass is 810 g/mol. The standard InChI is InChI=1S/C45H47FN10O4/c1-27(28-8-10-29(11-9-28)40-33-16-17-47-42(57)34-24-30(46)25-36(50-40)39(33)34)53-18-20-54(21-19-53)32-14-12-31(13-15-32)49-44-48-26-35-41(52-44)56(55(43(35)58)22-23-60-4)38-7-5-6-37(51-38)45(2,3)59/h5-15,24-27,50,59H,16-23H2,1-4H3,(H,47,57)(H,48,49,52). The van der Waals surface area contributed by atoms with Crippen molar-refractivity contribution in [1.29, 1.82) is 0 Å². The van der Waals surface area contributed by atoms with Crippen LogP contribution in [0.2, 0.25) is 0 Å². The number of nitrogens with zero attached hydrogens (tertiary/aromatic N) is 7. The van der Waals surface area contributed by atoms with Gasteiger partial charge in [0.25, 0.3) is 11.5 Å². The number of carbonyl (C=O) groups excluding carboxylic acids is 1. The van der Waals surface area contributed by atoms with E-state index in [0.29, 0.717) is 59.1 Å². The number of nitrogens with one attached hydrogen (secondary N) is 3. The number of piperazine rings is 1. The molecule has 2 aliphatic rings. The first kappa shape index (κ1) is 39.1. The van der Waals surface area contributed by atoms with Crippen LogP contribution in [0.4, 0.5) is 21.7 Å². The number of amides is 1. The molecule has 1 amide bonds. The summed E-state index contributed by atoms with van der Waals surface area (Å²) in [4.78, 5) is 48.4. The lowest BCUT2D eigenvalue weighted by Gasteiger charge is -2.39. The van der Waals surface area contributed by atoms with E-state index in [1.165, 1.54) is 28.6 Å². The van der Waals surface area contributed by atoms with E-state index >= 15 is 0 Å². The summed E-state index contributed by atoms with van der Waals surface area (Å²) in [5, 5.41) is 18.0. The van der Waals surface area contributed by atoms with Crippen molar-refractivity contribution in [2.24, 2.45) is 0 Å². The smallest absolute Gasteiger partial charge is 0.278 e. The second kappa shape index (κ2) is 15.6. The zero-order valence-corrected chi connectivity index (χ0v) is 34.0. The minimum atomic E-state index is -1.18. The Labute approximate surface area is 345 Å². The number of benzene rings is 3. The second-order valence-corrected chi connectivity index (χ2v) is 16.0. The van der Waals surface area contributed by atoms with Crippen molar-refractivity contribution in [2.45, 2.75) is 45.4 Å². The molecule has 1 atom stereocenters. The molecule has 15 heteroatoms. The summed E-state index contributed by atoms with van der Waals surface area (Å²) < 4.78 is 22.9. The van der Waals surface area contributed by atoms with E-state index in [4.69, 9.17) is 9.72 Å². The summed E-state index contributed by atoms with van der Waals surface area (Å²) in [6, 6.07) is 25.1. The van der Waals surface area contributed by atoms with Crippen LogP contribution < -0.4 is 21.1 Å². The Balaban J connectivity index is 0.868. The van der Waals surface area contributed by atoms with Gasteiger partial charge in [0.2, 0.25) is 5.95 Å². The van der Waals surface area contributed by atoms with Gasteiger partial charge in [-0.3, -0.25) is 14.5 Å². The molecule has 6 heterocycles. The number of aliphatic hydroxyl groups is 1. The van der Waals surface area contributed by atoms with E-state index < -0.39 is 11.4 Å². The summed E-state index contributed by atoms with van der Waals surface area (Å²) in [6.45, 7) is 10.2. The van der Waals surface area contributed by atoms with Gasteiger partial charge in [0.15, 0.2) is 11.5 Å². The number of hydrogen-bond donors (Lipinski definition) is 4. The van der Waals surface area contributed by atoms with Gasteiger partial charge < -0.3 is 30.4 Å². The SMILES string of the molecule is COCCn1c(=O)c2cnc(Nc3ccc(N4CCN(C(C)c5ccc(-c6[nH]c7cc(F)cc8c7c6CCNC8=O)cc5)CC4)cc3)nc2n1-c1cccc(C(C)(C)O)n1. The van der Waals surface area contributed by atoms with E-state index in [0.717, 1.165) is 59.8 Å². The molecular weight excluding hydrogens is 764 g/mol. The van der Waals surface area contributed by atoms with Gasteiger partial charge in [-0.05, 0) is 92.4 Å². The van der Waals surface area contributed by atoms with Gasteiger partial charge in [-0.25, -0.2) is 23.7 Å². The van der Waals surface area contributed by atoms with E-state index in [1.807, 2.05) is 12.1 Å². The first-order valence-corrected chi connectivity index (χ1v) is 20.2. The highest BCUT2D eigenvalue weighted by Gasteiger charge is 2.26. The fourth-order valence-electron chi connectivity index (χ4n) is 8.41. The minimum absolute atomic E-state index is 0.214. The third-order valence-electron chi connectivity index (χ3n) is 11.7. The zero-order chi connectivity index (χ0) is 41.7. The van der Waals surface area contributed by atoms with E-state index in [1.54, 1.807) is 43.8 Å². The molecule has 4 aromatic heterocycles. The molecule has 1 saturated heterocycles. The lowest BCUT2D eigenvalue weighted by molar-refractivity contribution is 0.0737. The summed E-state index contributed by atoms with van der Waals surface area (Å²) in [5.41, 5.74) is 6.53. The normalized spacial score (nSPS) is 15.4. The highest BCUT2D eigenvalue weighted by molar-refractivity contribution is 6.10. The van der Waals surface area contributed by atoms with Crippen LogP contribution in [0, 0.1) is 5.82 Å². The molecule has 0 radical (unpaired) electrons. The quantitative estimate of drug-likeness (QED) is 0.121. The van der Waals surface area contributed by atoms with Crippen LogP contribution in [0.25, 0.3) is 39.0 Å².